The number of allylic oxidation sites excluding steroid dienone is 1. The van der Waals surface area contributed by atoms with Gasteiger partial charge in [-0.2, -0.15) is 0 Å². The van der Waals surface area contributed by atoms with Gasteiger partial charge in [0, 0.05) is 22.0 Å². The Bertz CT molecular complexity index is 749. The summed E-state index contributed by atoms with van der Waals surface area (Å²) in [5.74, 6) is 6.46. The molecule has 0 unspecified atom stereocenters. The standard InChI is InChI=1S/C17H23N3OS.C2H6N2.C2H6/c1-12-19-16(11-22-12)17(2,3)9-5-6-13-10-14(20-18)7-8-15(13)21-4;1-2(3)4;1-2/h5-8,10-11,20H,9,18H2,1-4H3;1H3,(H3,3,4);1-2H3/b6-5+;;. The Labute approximate surface area is 173 Å². The van der Waals surface area contributed by atoms with Gasteiger partial charge in [0.05, 0.1) is 23.6 Å². The number of nitrogen functional groups attached to an aromatic ring is 1. The minimum atomic E-state index is 0.0121. The summed E-state index contributed by atoms with van der Waals surface area (Å²) < 4.78 is 5.38. The SMILES string of the molecule is CC.CC(=N)N.COc1ccc(NN)cc1/C=C/CC(C)(C)c1csc(C)n1. The summed E-state index contributed by atoms with van der Waals surface area (Å²) in [5, 5.41) is 9.53. The van der Waals surface area contributed by atoms with E-state index in [2.05, 4.69) is 41.8 Å². The molecule has 2 rings (SSSR count). The van der Waals surface area contributed by atoms with Crippen molar-refractivity contribution in [2.24, 2.45) is 11.6 Å². The topological polar surface area (TPSA) is 110 Å². The second-order valence-electron chi connectivity index (χ2n) is 6.53. The fraction of sp³-hybridized carbons (Fsp3) is 0.429. The van der Waals surface area contributed by atoms with E-state index in [9.17, 15) is 0 Å². The zero-order chi connectivity index (χ0) is 21.7. The first-order valence-corrected chi connectivity index (χ1v) is 10.1. The number of hydrogen-bond donors (Lipinski definition) is 4. The molecule has 1 heterocycles. The molecule has 0 aliphatic heterocycles. The van der Waals surface area contributed by atoms with E-state index in [0.29, 0.717) is 0 Å². The van der Waals surface area contributed by atoms with Crippen molar-refractivity contribution in [3.05, 3.63) is 45.9 Å². The third-order valence-electron chi connectivity index (χ3n) is 3.63. The van der Waals surface area contributed by atoms with Gasteiger partial charge in [-0.15, -0.1) is 11.3 Å². The largest absolute Gasteiger partial charge is 0.496 e. The Morgan fingerprint density at radius 1 is 1.36 bits per heavy atom. The van der Waals surface area contributed by atoms with Gasteiger partial charge >= 0.3 is 0 Å². The lowest BCUT2D eigenvalue weighted by Crippen LogP contribution is -2.16. The molecule has 0 saturated carbocycles. The smallest absolute Gasteiger partial charge is 0.126 e. The van der Waals surface area contributed by atoms with Crippen molar-refractivity contribution in [2.75, 3.05) is 12.5 Å². The van der Waals surface area contributed by atoms with Crippen LogP contribution in [0, 0.1) is 12.3 Å². The molecular weight excluding hydrogens is 370 g/mol. The number of amidine groups is 1. The van der Waals surface area contributed by atoms with Crippen LogP contribution >= 0.6 is 11.3 Å². The highest BCUT2D eigenvalue weighted by molar-refractivity contribution is 7.09. The van der Waals surface area contributed by atoms with Gasteiger partial charge in [0.1, 0.15) is 5.75 Å². The molecule has 0 amide bonds. The van der Waals surface area contributed by atoms with Crippen LogP contribution in [-0.4, -0.2) is 17.9 Å². The molecule has 0 atom stereocenters. The molecule has 0 bridgehead atoms. The van der Waals surface area contributed by atoms with E-state index in [0.717, 1.165) is 34.1 Å². The normalized spacial score (nSPS) is 10.4. The maximum Gasteiger partial charge on any atom is 0.126 e. The lowest BCUT2D eigenvalue weighted by Gasteiger charge is -2.20. The number of hydrogen-bond acceptors (Lipinski definition) is 6. The van der Waals surface area contributed by atoms with E-state index < -0.39 is 0 Å². The third kappa shape index (κ3) is 9.01. The van der Waals surface area contributed by atoms with Gasteiger partial charge in [-0.3, -0.25) is 11.3 Å². The Kier molecular flexibility index (Phi) is 11.8. The molecule has 6 nitrogen and oxygen atoms in total. The van der Waals surface area contributed by atoms with Gasteiger partial charge in [0.2, 0.25) is 0 Å². The summed E-state index contributed by atoms with van der Waals surface area (Å²) in [6, 6.07) is 5.76. The molecule has 0 spiro atoms. The number of aromatic nitrogens is 1. The number of anilines is 1. The molecule has 156 valence electrons. The molecule has 1 aromatic heterocycles. The number of hydrazine groups is 1. The van der Waals surface area contributed by atoms with Gasteiger partial charge in [-0.05, 0) is 38.5 Å². The zero-order valence-corrected chi connectivity index (χ0v) is 18.9. The molecule has 2 aromatic rings. The predicted molar refractivity (Wildman–Crippen MR) is 123 cm³/mol. The van der Waals surface area contributed by atoms with Crippen molar-refractivity contribution in [1.29, 1.82) is 5.41 Å². The molecule has 0 radical (unpaired) electrons. The Balaban J connectivity index is 0.00000108. The second-order valence-corrected chi connectivity index (χ2v) is 7.59. The number of benzene rings is 1. The number of rotatable bonds is 6. The zero-order valence-electron chi connectivity index (χ0n) is 18.1. The monoisotopic (exact) mass is 405 g/mol. The first-order chi connectivity index (χ1) is 13.2. The number of aryl methyl sites for hydroxylation is 1. The number of nitrogens with one attached hydrogen (secondary N) is 2. The minimum Gasteiger partial charge on any atom is -0.496 e. The van der Waals surface area contributed by atoms with E-state index in [1.54, 1.807) is 18.4 Å². The van der Waals surface area contributed by atoms with Gasteiger partial charge < -0.3 is 15.9 Å². The predicted octanol–water partition coefficient (Wildman–Crippen LogP) is 5.10. The van der Waals surface area contributed by atoms with Crippen molar-refractivity contribution in [3.63, 3.8) is 0 Å². The Hall–Kier alpha value is -2.38. The molecule has 7 heteroatoms. The van der Waals surface area contributed by atoms with Crippen LogP contribution in [0.15, 0.2) is 29.7 Å². The van der Waals surface area contributed by atoms with Crippen LogP contribution in [0.25, 0.3) is 6.08 Å². The van der Waals surface area contributed by atoms with Gasteiger partial charge in [0.25, 0.3) is 0 Å². The summed E-state index contributed by atoms with van der Waals surface area (Å²) in [7, 11) is 1.67. The lowest BCUT2D eigenvalue weighted by atomic mass is 9.86. The molecule has 0 aliphatic rings. The minimum absolute atomic E-state index is 0.0121. The van der Waals surface area contributed by atoms with Crippen LogP contribution in [0.3, 0.4) is 0 Å². The fourth-order valence-corrected chi connectivity index (χ4v) is 3.02. The molecule has 1 aromatic carbocycles. The first kappa shape index (κ1) is 25.6. The van der Waals surface area contributed by atoms with E-state index in [4.69, 9.17) is 21.7 Å². The first-order valence-electron chi connectivity index (χ1n) is 9.24. The number of nitrogens with zero attached hydrogens (tertiary/aromatic N) is 1. The number of nitrogens with two attached hydrogens (primary N) is 2. The fourth-order valence-electron chi connectivity index (χ4n) is 2.21. The van der Waals surface area contributed by atoms with Crippen LogP contribution in [0.2, 0.25) is 0 Å². The lowest BCUT2D eigenvalue weighted by molar-refractivity contribution is 0.414. The van der Waals surface area contributed by atoms with E-state index >= 15 is 0 Å². The average Bonchev–Trinajstić information content (AvgIpc) is 3.10. The van der Waals surface area contributed by atoms with Crippen LogP contribution in [0.1, 0.15) is 57.3 Å². The summed E-state index contributed by atoms with van der Waals surface area (Å²) in [6.45, 7) is 12.0. The highest BCUT2D eigenvalue weighted by atomic mass is 32.1. The van der Waals surface area contributed by atoms with E-state index in [1.807, 2.05) is 39.0 Å². The van der Waals surface area contributed by atoms with Crippen molar-refractivity contribution in [1.82, 2.24) is 4.98 Å². The van der Waals surface area contributed by atoms with Gasteiger partial charge in [0.15, 0.2) is 0 Å². The molecule has 0 aliphatic carbocycles. The van der Waals surface area contributed by atoms with Crippen LogP contribution < -0.4 is 21.7 Å². The average molecular weight is 406 g/mol. The second kappa shape index (κ2) is 12.9. The molecule has 0 fully saturated rings. The number of methoxy groups -OCH3 is 1. The Morgan fingerprint density at radius 3 is 2.43 bits per heavy atom. The van der Waals surface area contributed by atoms with Gasteiger partial charge in [-0.1, -0.05) is 39.8 Å². The number of thiazole rings is 1. The van der Waals surface area contributed by atoms with E-state index in [1.165, 1.54) is 6.92 Å². The quantitative estimate of drug-likeness (QED) is 0.231. The van der Waals surface area contributed by atoms with Gasteiger partial charge in [-0.25, -0.2) is 4.98 Å². The van der Waals surface area contributed by atoms with Crippen LogP contribution in [-0.2, 0) is 5.41 Å². The van der Waals surface area contributed by atoms with Crippen LogP contribution in [0.4, 0.5) is 5.69 Å². The third-order valence-corrected chi connectivity index (χ3v) is 4.41. The van der Waals surface area contributed by atoms with E-state index in [-0.39, 0.29) is 11.3 Å². The van der Waals surface area contributed by atoms with Crippen molar-refractivity contribution in [3.8, 4) is 5.75 Å². The number of ether oxygens (including phenoxy) is 1. The summed E-state index contributed by atoms with van der Waals surface area (Å²) in [6.07, 6.45) is 5.13. The summed E-state index contributed by atoms with van der Waals surface area (Å²) in [5.41, 5.74) is 10.4. The highest BCUT2D eigenvalue weighted by Gasteiger charge is 2.21. The molecule has 28 heavy (non-hydrogen) atoms. The van der Waals surface area contributed by atoms with Crippen molar-refractivity contribution >= 4 is 28.9 Å². The maximum absolute atomic E-state index is 6.28. The molecule has 0 saturated heterocycles. The summed E-state index contributed by atoms with van der Waals surface area (Å²) >= 11 is 1.69. The highest BCUT2D eigenvalue weighted by Crippen LogP contribution is 2.30. The van der Waals surface area contributed by atoms with Crippen molar-refractivity contribution in [2.45, 2.75) is 53.4 Å². The molecular formula is C21H35N5OS. The Morgan fingerprint density at radius 2 is 1.96 bits per heavy atom. The summed E-state index contributed by atoms with van der Waals surface area (Å²) in [4.78, 5) is 4.60. The maximum atomic E-state index is 6.28. The molecule has 6 N–H and O–H groups in total. The van der Waals surface area contributed by atoms with Crippen molar-refractivity contribution < 1.29 is 4.74 Å². The van der Waals surface area contributed by atoms with Crippen LogP contribution in [0.5, 0.6) is 5.75 Å².